The van der Waals surface area contributed by atoms with Gasteiger partial charge >= 0.3 is 0 Å². The third-order valence-electron chi connectivity index (χ3n) is 7.39. The van der Waals surface area contributed by atoms with E-state index in [0.717, 1.165) is 5.56 Å². The molecule has 0 aromatic carbocycles. The predicted octanol–water partition coefficient (Wildman–Crippen LogP) is 2.13. The average Bonchev–Trinajstić information content (AvgIpc) is 3.39. The van der Waals surface area contributed by atoms with E-state index in [4.69, 9.17) is 15.5 Å². The van der Waals surface area contributed by atoms with Gasteiger partial charge in [0.1, 0.15) is 39.0 Å². The highest BCUT2D eigenvalue weighted by atomic mass is 32.2. The number of amides is 1. The van der Waals surface area contributed by atoms with Crippen molar-refractivity contribution in [2.75, 3.05) is 27.2 Å². The molecule has 13 heteroatoms. The second-order valence-electron chi connectivity index (χ2n) is 10.1. The number of carbonyl (C=O) groups is 1. The van der Waals surface area contributed by atoms with Gasteiger partial charge in [0.2, 0.25) is 5.96 Å². The molecule has 214 valence electrons. The average molecular weight is 571 g/mol. The molecule has 40 heavy (non-hydrogen) atoms. The second-order valence-corrected chi connectivity index (χ2v) is 11.9. The number of hydrogen-bond donors (Lipinski definition) is 2. The summed E-state index contributed by atoms with van der Waals surface area (Å²) >= 11 is 0. The van der Waals surface area contributed by atoms with Crippen molar-refractivity contribution >= 4 is 22.9 Å². The van der Waals surface area contributed by atoms with Crippen LogP contribution < -0.4 is 15.8 Å². The van der Waals surface area contributed by atoms with Crippen molar-refractivity contribution in [1.82, 2.24) is 29.5 Å². The first-order chi connectivity index (χ1) is 19.1. The molecule has 11 nitrogen and oxygen atoms in total. The molecule has 1 fully saturated rings. The Hall–Kier alpha value is -3.71. The van der Waals surface area contributed by atoms with Crippen LogP contribution >= 0.6 is 0 Å². The van der Waals surface area contributed by atoms with E-state index in [-0.39, 0.29) is 36.4 Å². The zero-order valence-corrected chi connectivity index (χ0v) is 23.7. The van der Waals surface area contributed by atoms with Gasteiger partial charge < -0.3 is 15.8 Å². The standard InChI is InChI=1S/C27H35FN8O3S/c1-5-26(12-21(28)7-6-19(2)33-24(37)23-9-8-22(39-4)15-32-23)27(40(38)35(3)25(29)34-26)10-11-36(17-27)16-20-13-30-18-31-14-20/h5,7-9,13-15,18-19H,1,6,10-12,16-17H2,2-4H3,(H2,29,34)(H,33,37)/b21-7+/t19?,26-,27+,40?/m1/s1. The Morgan fingerprint density at radius 2 is 2.10 bits per heavy atom. The summed E-state index contributed by atoms with van der Waals surface area (Å²) in [6.45, 7) is 7.36. The lowest BCUT2D eigenvalue weighted by Crippen LogP contribution is -2.65. The van der Waals surface area contributed by atoms with Gasteiger partial charge in [0, 0.05) is 57.1 Å². The SMILES string of the molecule is C=C[C@]1(C/C(F)=C\CC(C)NC(=O)c2ccc(OC)cn2)N=C(N)N(C)S(=O)[C@]12CCN(Cc1cncnc1)C2. The number of nitrogens with one attached hydrogen (secondary N) is 1. The fourth-order valence-corrected chi connectivity index (χ4v) is 6.96. The summed E-state index contributed by atoms with van der Waals surface area (Å²) in [5.41, 5.74) is 6.09. The van der Waals surface area contributed by atoms with E-state index < -0.39 is 27.1 Å². The summed E-state index contributed by atoms with van der Waals surface area (Å²) in [5, 5.41) is 2.82. The molecule has 1 amide bonds. The van der Waals surface area contributed by atoms with Crippen molar-refractivity contribution < 1.29 is 18.1 Å². The number of methoxy groups -OCH3 is 1. The first kappa shape index (κ1) is 29.3. The number of pyridine rings is 1. The van der Waals surface area contributed by atoms with Crippen LogP contribution in [0, 0.1) is 0 Å². The minimum atomic E-state index is -1.59. The number of aromatic nitrogens is 3. The molecule has 2 unspecified atom stereocenters. The van der Waals surface area contributed by atoms with Crippen molar-refractivity contribution in [1.29, 1.82) is 0 Å². The first-order valence-electron chi connectivity index (χ1n) is 12.9. The summed E-state index contributed by atoms with van der Waals surface area (Å²) in [5.74, 6) is -0.209. The summed E-state index contributed by atoms with van der Waals surface area (Å²) in [7, 11) is 1.56. The number of guanidine groups is 1. The fraction of sp³-hybridized carbons (Fsp3) is 0.444. The lowest BCUT2D eigenvalue weighted by Gasteiger charge is -2.48. The van der Waals surface area contributed by atoms with E-state index in [0.29, 0.717) is 31.8 Å². The molecule has 3 N–H and O–H groups in total. The lowest BCUT2D eigenvalue weighted by atomic mass is 9.79. The van der Waals surface area contributed by atoms with Crippen LogP contribution in [0.4, 0.5) is 4.39 Å². The molecule has 0 bridgehead atoms. The highest BCUT2D eigenvalue weighted by Crippen LogP contribution is 2.48. The number of halogens is 1. The molecule has 2 aromatic rings. The van der Waals surface area contributed by atoms with E-state index in [1.165, 1.54) is 30.0 Å². The highest BCUT2D eigenvalue weighted by molar-refractivity contribution is 7.85. The Kier molecular flexibility index (Phi) is 8.94. The van der Waals surface area contributed by atoms with Gasteiger partial charge in [0.25, 0.3) is 5.91 Å². The Bertz CT molecular complexity index is 1310. The minimum absolute atomic E-state index is 0.0687. The van der Waals surface area contributed by atoms with Crippen molar-refractivity contribution in [3.8, 4) is 5.75 Å². The van der Waals surface area contributed by atoms with Gasteiger partial charge in [-0.15, -0.1) is 6.58 Å². The number of carbonyl (C=O) groups excluding carboxylic acids is 1. The predicted molar refractivity (Wildman–Crippen MR) is 151 cm³/mol. The number of hydrogen-bond acceptors (Lipinski definition) is 9. The Labute approximate surface area is 236 Å². The van der Waals surface area contributed by atoms with Crippen molar-refractivity contribution in [3.63, 3.8) is 0 Å². The van der Waals surface area contributed by atoms with Gasteiger partial charge in [0.15, 0.2) is 0 Å². The molecule has 1 spiro atoms. The largest absolute Gasteiger partial charge is 0.495 e. The molecule has 4 heterocycles. The maximum absolute atomic E-state index is 15.6. The number of rotatable bonds is 10. The Balaban J connectivity index is 1.49. The number of ether oxygens (including phenoxy) is 1. The monoisotopic (exact) mass is 570 g/mol. The van der Waals surface area contributed by atoms with E-state index in [9.17, 15) is 9.00 Å². The second kappa shape index (κ2) is 12.2. The molecule has 2 aliphatic heterocycles. The van der Waals surface area contributed by atoms with Gasteiger partial charge in [-0.3, -0.25) is 14.0 Å². The number of nitrogens with two attached hydrogens (primary N) is 1. The number of aliphatic imine (C=N–C) groups is 1. The van der Waals surface area contributed by atoms with Gasteiger partial charge in [-0.05, 0) is 31.9 Å². The first-order valence-corrected chi connectivity index (χ1v) is 14.0. The third kappa shape index (κ3) is 5.89. The van der Waals surface area contributed by atoms with Crippen molar-refractivity contribution in [3.05, 3.63) is 72.9 Å². The zero-order chi connectivity index (χ0) is 28.9. The quantitative estimate of drug-likeness (QED) is 0.414. The summed E-state index contributed by atoms with van der Waals surface area (Å²) < 4.78 is 35.0. The lowest BCUT2D eigenvalue weighted by molar-refractivity contribution is 0.0935. The molecule has 0 aliphatic carbocycles. The van der Waals surface area contributed by atoms with Crippen LogP contribution in [0.25, 0.3) is 0 Å². The Morgan fingerprint density at radius 3 is 2.75 bits per heavy atom. The molecule has 4 atom stereocenters. The normalized spacial score (nSPS) is 25.9. The van der Waals surface area contributed by atoms with Crippen molar-refractivity contribution in [2.45, 2.75) is 49.1 Å². The highest BCUT2D eigenvalue weighted by Gasteiger charge is 2.61. The molecule has 2 aliphatic rings. The van der Waals surface area contributed by atoms with Gasteiger partial charge in [-0.1, -0.05) is 12.2 Å². The van der Waals surface area contributed by atoms with E-state index in [1.54, 1.807) is 44.6 Å². The summed E-state index contributed by atoms with van der Waals surface area (Å²) in [6, 6.07) is 2.83. The van der Waals surface area contributed by atoms with Crippen molar-refractivity contribution in [2.24, 2.45) is 10.7 Å². The molecule has 1 saturated heterocycles. The maximum atomic E-state index is 15.6. The van der Waals surface area contributed by atoms with Crippen LogP contribution in [0.5, 0.6) is 5.75 Å². The molecule has 0 saturated carbocycles. The van der Waals surface area contributed by atoms with Crippen LogP contribution in [0.2, 0.25) is 0 Å². The van der Waals surface area contributed by atoms with E-state index in [2.05, 4.69) is 31.7 Å². The molecular formula is C27H35FN8O3S. The number of likely N-dealkylation sites (tertiary alicyclic amines) is 1. The topological polar surface area (TPSA) is 139 Å². The smallest absolute Gasteiger partial charge is 0.270 e. The van der Waals surface area contributed by atoms with Crippen LogP contribution in [0.3, 0.4) is 0 Å². The van der Waals surface area contributed by atoms with Gasteiger partial charge in [-0.25, -0.2) is 28.5 Å². The van der Waals surface area contributed by atoms with E-state index >= 15 is 4.39 Å². The third-order valence-corrected chi connectivity index (χ3v) is 9.43. The number of nitrogens with zero attached hydrogens (tertiary/aromatic N) is 6. The maximum Gasteiger partial charge on any atom is 0.270 e. The summed E-state index contributed by atoms with van der Waals surface area (Å²) in [4.78, 5) is 31.6. The summed E-state index contributed by atoms with van der Waals surface area (Å²) in [6.07, 6.45) is 10.0. The zero-order valence-electron chi connectivity index (χ0n) is 22.9. The van der Waals surface area contributed by atoms with Crippen LogP contribution in [-0.4, -0.2) is 83.8 Å². The van der Waals surface area contributed by atoms with Crippen LogP contribution in [0.1, 0.15) is 42.2 Å². The van der Waals surface area contributed by atoms with Crippen LogP contribution in [0.15, 0.2) is 66.6 Å². The van der Waals surface area contributed by atoms with Gasteiger partial charge in [0.05, 0.1) is 19.1 Å². The van der Waals surface area contributed by atoms with Gasteiger partial charge in [-0.2, -0.15) is 0 Å². The molecule has 0 radical (unpaired) electrons. The molecule has 4 rings (SSSR count). The fourth-order valence-electron chi connectivity index (χ4n) is 5.16. The minimum Gasteiger partial charge on any atom is -0.495 e. The Morgan fingerprint density at radius 1 is 1.35 bits per heavy atom. The molecule has 2 aromatic heterocycles. The molecular weight excluding hydrogens is 535 g/mol. The van der Waals surface area contributed by atoms with E-state index in [1.807, 2.05) is 0 Å². The van der Waals surface area contributed by atoms with Crippen LogP contribution in [-0.2, 0) is 17.5 Å².